The number of aromatic amines is 1. The van der Waals surface area contributed by atoms with Crippen LogP contribution in [0.25, 0.3) is 11.4 Å². The lowest BCUT2D eigenvalue weighted by molar-refractivity contribution is -0.165. The van der Waals surface area contributed by atoms with Gasteiger partial charge in [0, 0.05) is 11.3 Å². The molecule has 4 fully saturated rings. The van der Waals surface area contributed by atoms with Crippen LogP contribution in [0.5, 0.6) is 0 Å². The highest BCUT2D eigenvalue weighted by Crippen LogP contribution is 2.69. The van der Waals surface area contributed by atoms with Crippen molar-refractivity contribution in [2.75, 3.05) is 5.32 Å². The Bertz CT molecular complexity index is 843. The van der Waals surface area contributed by atoms with E-state index in [1.165, 1.54) is 19.3 Å². The maximum atomic E-state index is 13.4. The highest BCUT2D eigenvalue weighted by atomic mass is 16.2. The van der Waals surface area contributed by atoms with Gasteiger partial charge in [-0.1, -0.05) is 26.0 Å². The molecular weight excluding hydrogens is 326 g/mol. The van der Waals surface area contributed by atoms with Crippen LogP contribution >= 0.6 is 0 Å². The normalized spacial score (nSPS) is 37.7. The molecule has 0 radical (unpaired) electrons. The van der Waals surface area contributed by atoms with Crippen molar-refractivity contribution in [2.24, 2.45) is 22.2 Å². The Kier molecular flexibility index (Phi) is 3.16. The summed E-state index contributed by atoms with van der Waals surface area (Å²) in [5, 5.41) is 17.3. The van der Waals surface area contributed by atoms with E-state index < -0.39 is 0 Å². The zero-order valence-corrected chi connectivity index (χ0v) is 15.4. The van der Waals surface area contributed by atoms with Crippen LogP contribution in [0.1, 0.15) is 52.4 Å². The molecule has 2 unspecified atom stereocenters. The molecule has 1 amide bonds. The van der Waals surface area contributed by atoms with E-state index in [0.29, 0.717) is 22.6 Å². The second-order valence-electron chi connectivity index (χ2n) is 9.68. The van der Waals surface area contributed by atoms with Crippen LogP contribution in [0.15, 0.2) is 24.3 Å². The van der Waals surface area contributed by atoms with Crippen molar-refractivity contribution in [2.45, 2.75) is 52.4 Å². The van der Waals surface area contributed by atoms with Crippen LogP contribution in [0.3, 0.4) is 0 Å². The fourth-order valence-corrected chi connectivity index (χ4v) is 6.98. The Morgan fingerprint density at radius 1 is 1.15 bits per heavy atom. The van der Waals surface area contributed by atoms with Crippen LogP contribution in [-0.4, -0.2) is 26.5 Å². The SMILES string of the molecule is CC12CC3CC(C)(C1)CC(C(=O)Nc1cccc(-c4nn[nH]n4)c1)(C3)C2. The third-order valence-electron chi connectivity index (χ3n) is 6.83. The van der Waals surface area contributed by atoms with Crippen LogP contribution in [0, 0.1) is 22.2 Å². The lowest BCUT2D eigenvalue weighted by Gasteiger charge is -2.64. The number of nitrogens with one attached hydrogen (secondary N) is 2. The van der Waals surface area contributed by atoms with Gasteiger partial charge in [0.2, 0.25) is 11.7 Å². The highest BCUT2D eigenvalue weighted by molar-refractivity contribution is 5.96. The number of rotatable bonds is 3. The van der Waals surface area contributed by atoms with Crippen LogP contribution in [0.2, 0.25) is 0 Å². The Hall–Kier alpha value is -2.24. The molecule has 4 bridgehead atoms. The van der Waals surface area contributed by atoms with Crippen molar-refractivity contribution in [3.05, 3.63) is 24.3 Å². The van der Waals surface area contributed by atoms with Gasteiger partial charge in [-0.3, -0.25) is 4.79 Å². The summed E-state index contributed by atoms with van der Waals surface area (Å²) in [6.45, 7) is 4.79. The minimum Gasteiger partial charge on any atom is -0.326 e. The first kappa shape index (κ1) is 16.0. The van der Waals surface area contributed by atoms with Gasteiger partial charge in [0.05, 0.1) is 5.41 Å². The van der Waals surface area contributed by atoms with Crippen molar-refractivity contribution in [1.82, 2.24) is 20.6 Å². The van der Waals surface area contributed by atoms with E-state index in [1.807, 2.05) is 24.3 Å². The van der Waals surface area contributed by atoms with Gasteiger partial charge < -0.3 is 5.32 Å². The van der Waals surface area contributed by atoms with Gasteiger partial charge in [-0.05, 0) is 72.6 Å². The van der Waals surface area contributed by atoms with E-state index in [0.717, 1.165) is 30.5 Å². The molecule has 0 saturated heterocycles. The summed E-state index contributed by atoms with van der Waals surface area (Å²) in [5.41, 5.74) is 2.12. The van der Waals surface area contributed by atoms with Gasteiger partial charge in [-0.15, -0.1) is 10.2 Å². The van der Waals surface area contributed by atoms with Gasteiger partial charge in [0.1, 0.15) is 0 Å². The average Bonchev–Trinajstić information content (AvgIpc) is 3.06. The van der Waals surface area contributed by atoms with E-state index in [2.05, 4.69) is 39.8 Å². The van der Waals surface area contributed by atoms with Crippen LogP contribution < -0.4 is 5.32 Å². The zero-order valence-electron chi connectivity index (χ0n) is 15.4. The number of tetrazole rings is 1. The lowest BCUT2D eigenvalue weighted by Crippen LogP contribution is -2.58. The van der Waals surface area contributed by atoms with Crippen molar-refractivity contribution in [3.8, 4) is 11.4 Å². The van der Waals surface area contributed by atoms with Gasteiger partial charge in [-0.25, -0.2) is 0 Å². The summed E-state index contributed by atoms with van der Waals surface area (Å²) in [4.78, 5) is 13.4. The maximum Gasteiger partial charge on any atom is 0.230 e. The van der Waals surface area contributed by atoms with Crippen molar-refractivity contribution < 1.29 is 4.79 Å². The Labute approximate surface area is 153 Å². The number of nitrogens with zero attached hydrogens (tertiary/aromatic N) is 3. The number of carbonyl (C=O) groups excluding carboxylic acids is 1. The molecule has 6 rings (SSSR count). The first-order chi connectivity index (χ1) is 12.4. The van der Waals surface area contributed by atoms with E-state index in [-0.39, 0.29) is 11.3 Å². The van der Waals surface area contributed by atoms with Crippen LogP contribution in [-0.2, 0) is 4.79 Å². The molecule has 136 valence electrons. The number of hydrogen-bond donors (Lipinski definition) is 2. The standard InChI is InChI=1S/C20H25N5O/c1-18-7-13-8-19(2,10-18)12-20(9-13,11-18)17(26)21-15-5-3-4-14(6-15)16-22-24-25-23-16/h3-6,13H,7-12H2,1-2H3,(H,21,26)(H,22,23,24,25). The number of benzene rings is 1. The Morgan fingerprint density at radius 3 is 2.58 bits per heavy atom. The molecule has 0 spiro atoms. The van der Waals surface area contributed by atoms with Gasteiger partial charge >= 0.3 is 0 Å². The quantitative estimate of drug-likeness (QED) is 0.881. The number of aromatic nitrogens is 4. The summed E-state index contributed by atoms with van der Waals surface area (Å²) < 4.78 is 0. The zero-order chi connectivity index (χ0) is 18.0. The summed E-state index contributed by atoms with van der Waals surface area (Å²) in [5.74, 6) is 1.44. The van der Waals surface area contributed by atoms with Crippen LogP contribution in [0.4, 0.5) is 5.69 Å². The number of anilines is 1. The molecule has 1 aromatic carbocycles. The third-order valence-corrected chi connectivity index (χ3v) is 6.83. The fraction of sp³-hybridized carbons (Fsp3) is 0.600. The second-order valence-corrected chi connectivity index (χ2v) is 9.68. The molecule has 6 nitrogen and oxygen atoms in total. The van der Waals surface area contributed by atoms with E-state index in [9.17, 15) is 4.79 Å². The van der Waals surface area contributed by atoms with Gasteiger partial charge in [0.15, 0.2) is 0 Å². The number of carbonyl (C=O) groups is 1. The summed E-state index contributed by atoms with van der Waals surface area (Å²) in [6, 6.07) is 7.70. The molecule has 0 aliphatic heterocycles. The predicted molar refractivity (Wildman–Crippen MR) is 98.1 cm³/mol. The largest absolute Gasteiger partial charge is 0.326 e. The molecule has 4 aliphatic carbocycles. The molecule has 6 heteroatoms. The van der Waals surface area contributed by atoms with Crippen molar-refractivity contribution >= 4 is 11.6 Å². The number of hydrogen-bond acceptors (Lipinski definition) is 4. The Balaban J connectivity index is 1.42. The minimum atomic E-state index is -0.203. The topological polar surface area (TPSA) is 83.6 Å². The van der Waals surface area contributed by atoms with E-state index in [1.54, 1.807) is 0 Å². The molecule has 2 aromatic rings. The molecule has 1 heterocycles. The molecular formula is C20H25N5O. The molecule has 4 saturated carbocycles. The summed E-state index contributed by atoms with van der Waals surface area (Å²) >= 11 is 0. The molecule has 1 aromatic heterocycles. The monoisotopic (exact) mass is 351 g/mol. The lowest BCUT2D eigenvalue weighted by atomic mass is 9.40. The molecule has 4 aliphatic rings. The van der Waals surface area contributed by atoms with E-state index in [4.69, 9.17) is 0 Å². The third kappa shape index (κ3) is 2.46. The van der Waals surface area contributed by atoms with Gasteiger partial charge in [-0.2, -0.15) is 5.21 Å². The number of amides is 1. The smallest absolute Gasteiger partial charge is 0.230 e. The maximum absolute atomic E-state index is 13.4. The second kappa shape index (κ2) is 5.15. The predicted octanol–water partition coefficient (Wildman–Crippen LogP) is 3.80. The van der Waals surface area contributed by atoms with Crippen molar-refractivity contribution in [1.29, 1.82) is 0 Å². The van der Waals surface area contributed by atoms with Gasteiger partial charge in [0.25, 0.3) is 0 Å². The summed E-state index contributed by atoms with van der Waals surface area (Å²) in [7, 11) is 0. The minimum absolute atomic E-state index is 0.198. The van der Waals surface area contributed by atoms with Crippen molar-refractivity contribution in [3.63, 3.8) is 0 Å². The molecule has 2 atom stereocenters. The number of H-pyrrole nitrogens is 1. The fourth-order valence-electron chi connectivity index (χ4n) is 6.98. The summed E-state index contributed by atoms with van der Waals surface area (Å²) in [6.07, 6.45) is 6.98. The first-order valence-corrected chi connectivity index (χ1v) is 9.53. The molecule has 26 heavy (non-hydrogen) atoms. The molecule has 2 N–H and O–H groups in total. The Morgan fingerprint density at radius 2 is 1.92 bits per heavy atom. The first-order valence-electron chi connectivity index (χ1n) is 9.53. The highest BCUT2D eigenvalue weighted by Gasteiger charge is 2.62. The average molecular weight is 351 g/mol. The van der Waals surface area contributed by atoms with E-state index >= 15 is 0 Å².